The monoisotopic (exact) mass is 209 g/mol. The average molecular weight is 210 g/mol. The summed E-state index contributed by atoms with van der Waals surface area (Å²) in [6.45, 7) is 0. The zero-order valence-electron chi connectivity index (χ0n) is 5.54. The van der Waals surface area contributed by atoms with E-state index >= 15 is 0 Å². The largest absolute Gasteiger partial charge is 0.297 e. The second kappa shape index (κ2) is 3.42. The molecule has 0 N–H and O–H groups in total. The van der Waals surface area contributed by atoms with E-state index in [1.165, 1.54) is 6.26 Å². The molecule has 0 saturated heterocycles. The lowest BCUT2D eigenvalue weighted by atomic mass is 10.6. The van der Waals surface area contributed by atoms with E-state index in [1.807, 2.05) is 0 Å². The van der Waals surface area contributed by atoms with Crippen LogP contribution >= 0.6 is 22.9 Å². The minimum absolute atomic E-state index is 0.134. The van der Waals surface area contributed by atoms with Gasteiger partial charge in [-0.1, -0.05) is 11.6 Å². The van der Waals surface area contributed by atoms with Crippen molar-refractivity contribution < 1.29 is 9.00 Å². The van der Waals surface area contributed by atoms with Crippen LogP contribution in [0.1, 0.15) is 9.67 Å². The van der Waals surface area contributed by atoms with E-state index in [4.69, 9.17) is 11.6 Å². The first-order valence-corrected chi connectivity index (χ1v) is 5.35. The Labute approximate surface area is 74.9 Å². The first kappa shape index (κ1) is 8.83. The first-order chi connectivity index (χ1) is 5.15. The Morgan fingerprint density at radius 1 is 1.73 bits per heavy atom. The van der Waals surface area contributed by atoms with Gasteiger partial charge in [-0.25, -0.2) is 4.98 Å². The highest BCUT2D eigenvalue weighted by molar-refractivity contribution is 7.86. The zero-order chi connectivity index (χ0) is 8.43. The summed E-state index contributed by atoms with van der Waals surface area (Å²) in [6, 6.07) is 0. The Morgan fingerprint density at radius 3 is 2.64 bits per heavy atom. The van der Waals surface area contributed by atoms with Crippen molar-refractivity contribution >= 4 is 40.0 Å². The molecule has 0 spiro atoms. The Bertz CT molecular complexity index is 309. The minimum Gasteiger partial charge on any atom is -0.297 e. The molecule has 0 aromatic carbocycles. The molecule has 0 aliphatic carbocycles. The van der Waals surface area contributed by atoms with E-state index in [0.29, 0.717) is 15.5 Å². The van der Waals surface area contributed by atoms with Gasteiger partial charge in [0.05, 0.1) is 10.8 Å². The fourth-order valence-electron chi connectivity index (χ4n) is 0.490. The predicted octanol–water partition coefficient (Wildman–Crippen LogP) is 1.35. The number of hydrogen-bond donors (Lipinski definition) is 0. The maximum Gasteiger partial charge on any atom is 0.182 e. The van der Waals surface area contributed by atoms with Crippen LogP contribution in [0.25, 0.3) is 0 Å². The van der Waals surface area contributed by atoms with Crippen LogP contribution in [0.4, 0.5) is 0 Å². The summed E-state index contributed by atoms with van der Waals surface area (Å²) in [5.74, 6) is 0. The molecule has 0 radical (unpaired) electrons. The summed E-state index contributed by atoms with van der Waals surface area (Å²) >= 11 is 6.58. The van der Waals surface area contributed by atoms with E-state index in [0.717, 1.165) is 11.3 Å². The maximum atomic E-state index is 10.8. The van der Waals surface area contributed by atoms with Crippen molar-refractivity contribution in [1.29, 1.82) is 0 Å². The SMILES string of the molecule is CS(=O)c1nc(Cl)c(C=O)s1. The third kappa shape index (κ3) is 1.85. The Morgan fingerprint density at radius 2 is 2.36 bits per heavy atom. The molecular weight excluding hydrogens is 206 g/mol. The Balaban J connectivity index is 3.14. The number of aromatic nitrogens is 1. The van der Waals surface area contributed by atoms with E-state index in [2.05, 4.69) is 4.98 Å². The van der Waals surface area contributed by atoms with Gasteiger partial charge < -0.3 is 0 Å². The van der Waals surface area contributed by atoms with Crippen LogP contribution in [0.5, 0.6) is 0 Å². The molecule has 1 aromatic rings. The van der Waals surface area contributed by atoms with Crippen LogP contribution in [0, 0.1) is 0 Å². The van der Waals surface area contributed by atoms with E-state index in [-0.39, 0.29) is 5.15 Å². The average Bonchev–Trinajstić information content (AvgIpc) is 2.31. The molecule has 3 nitrogen and oxygen atoms in total. The molecule has 0 aliphatic heterocycles. The highest BCUT2D eigenvalue weighted by Crippen LogP contribution is 2.22. The van der Waals surface area contributed by atoms with Gasteiger partial charge in [-0.05, 0) is 0 Å². The summed E-state index contributed by atoms with van der Waals surface area (Å²) < 4.78 is 11.2. The second-order valence-electron chi connectivity index (χ2n) is 1.71. The zero-order valence-corrected chi connectivity index (χ0v) is 7.92. The number of nitrogens with zero attached hydrogens (tertiary/aromatic N) is 1. The summed E-state index contributed by atoms with van der Waals surface area (Å²) in [5, 5.41) is 0.134. The molecule has 60 valence electrons. The molecule has 1 rings (SSSR count). The lowest BCUT2D eigenvalue weighted by molar-refractivity contribution is 0.112. The van der Waals surface area contributed by atoms with Gasteiger partial charge in [-0.2, -0.15) is 0 Å². The van der Waals surface area contributed by atoms with Gasteiger partial charge in [0.15, 0.2) is 15.8 Å². The fourth-order valence-corrected chi connectivity index (χ4v) is 2.30. The molecule has 1 atom stereocenters. The molecular formula is C5H4ClNO2S2. The highest BCUT2D eigenvalue weighted by Gasteiger charge is 2.09. The van der Waals surface area contributed by atoms with Crippen molar-refractivity contribution in [2.75, 3.05) is 6.26 Å². The number of rotatable bonds is 2. The predicted molar refractivity (Wildman–Crippen MR) is 44.8 cm³/mol. The lowest BCUT2D eigenvalue weighted by Crippen LogP contribution is -1.83. The minimum atomic E-state index is -1.16. The van der Waals surface area contributed by atoms with Gasteiger partial charge in [0.2, 0.25) is 0 Å². The summed E-state index contributed by atoms with van der Waals surface area (Å²) in [7, 11) is -1.16. The van der Waals surface area contributed by atoms with Gasteiger partial charge in [-0.3, -0.25) is 9.00 Å². The molecule has 11 heavy (non-hydrogen) atoms. The fraction of sp³-hybridized carbons (Fsp3) is 0.200. The first-order valence-electron chi connectivity index (χ1n) is 2.60. The molecule has 1 unspecified atom stereocenters. The van der Waals surface area contributed by atoms with Crippen LogP contribution in [-0.2, 0) is 10.8 Å². The number of carbonyl (C=O) groups excluding carboxylic acids is 1. The summed E-state index contributed by atoms with van der Waals surface area (Å²) in [6.07, 6.45) is 2.10. The van der Waals surface area contributed by atoms with E-state index < -0.39 is 10.8 Å². The number of aldehydes is 1. The van der Waals surface area contributed by atoms with Crippen molar-refractivity contribution in [2.45, 2.75) is 4.34 Å². The second-order valence-corrected chi connectivity index (χ2v) is 4.65. The summed E-state index contributed by atoms with van der Waals surface area (Å²) in [4.78, 5) is 14.3. The van der Waals surface area contributed by atoms with Crippen LogP contribution < -0.4 is 0 Å². The molecule has 1 heterocycles. The third-order valence-electron chi connectivity index (χ3n) is 0.943. The van der Waals surface area contributed by atoms with Crippen molar-refractivity contribution in [3.05, 3.63) is 10.0 Å². The quantitative estimate of drug-likeness (QED) is 0.691. The van der Waals surface area contributed by atoms with Gasteiger partial charge in [-0.15, -0.1) is 11.3 Å². The Kier molecular flexibility index (Phi) is 2.75. The molecule has 0 saturated carbocycles. The molecule has 0 aliphatic rings. The Hall–Kier alpha value is -0.260. The molecule has 0 bridgehead atoms. The maximum absolute atomic E-state index is 10.8. The number of thiazole rings is 1. The number of carbonyl (C=O) groups is 1. The van der Waals surface area contributed by atoms with Crippen LogP contribution in [0.2, 0.25) is 5.15 Å². The molecule has 0 amide bonds. The van der Waals surface area contributed by atoms with Crippen molar-refractivity contribution in [1.82, 2.24) is 4.98 Å². The number of hydrogen-bond acceptors (Lipinski definition) is 4. The molecule has 0 fully saturated rings. The van der Waals surface area contributed by atoms with Crippen molar-refractivity contribution in [3.8, 4) is 0 Å². The smallest absolute Gasteiger partial charge is 0.182 e. The number of halogens is 1. The van der Waals surface area contributed by atoms with E-state index in [1.54, 1.807) is 0 Å². The van der Waals surface area contributed by atoms with Crippen LogP contribution in [0.3, 0.4) is 0 Å². The standard InChI is InChI=1S/C5H4ClNO2S2/c1-11(9)5-7-4(6)3(2-8)10-5/h2H,1H3. The van der Waals surface area contributed by atoms with Gasteiger partial charge in [0.1, 0.15) is 4.88 Å². The van der Waals surface area contributed by atoms with Crippen LogP contribution in [-0.4, -0.2) is 21.7 Å². The highest BCUT2D eigenvalue weighted by atomic mass is 35.5. The molecule has 6 heteroatoms. The topological polar surface area (TPSA) is 47.0 Å². The summed E-state index contributed by atoms with van der Waals surface area (Å²) in [5.41, 5.74) is 0. The van der Waals surface area contributed by atoms with Crippen molar-refractivity contribution in [3.63, 3.8) is 0 Å². The molecule has 1 aromatic heterocycles. The normalized spacial score (nSPS) is 12.9. The third-order valence-corrected chi connectivity index (χ3v) is 3.66. The lowest BCUT2D eigenvalue weighted by Gasteiger charge is -1.80. The van der Waals surface area contributed by atoms with Gasteiger partial charge >= 0.3 is 0 Å². The van der Waals surface area contributed by atoms with Gasteiger partial charge in [0, 0.05) is 6.26 Å². The van der Waals surface area contributed by atoms with Gasteiger partial charge in [0.25, 0.3) is 0 Å². The van der Waals surface area contributed by atoms with Crippen molar-refractivity contribution in [2.24, 2.45) is 0 Å². The van der Waals surface area contributed by atoms with E-state index in [9.17, 15) is 9.00 Å². The van der Waals surface area contributed by atoms with Crippen LogP contribution in [0.15, 0.2) is 4.34 Å².